The van der Waals surface area contributed by atoms with Crippen molar-refractivity contribution in [2.45, 2.75) is 26.3 Å². The van der Waals surface area contributed by atoms with Crippen molar-refractivity contribution in [3.05, 3.63) is 36.2 Å². The van der Waals surface area contributed by atoms with Gasteiger partial charge in [0.15, 0.2) is 0 Å². The van der Waals surface area contributed by atoms with E-state index < -0.39 is 0 Å². The molecule has 1 heterocycles. The summed E-state index contributed by atoms with van der Waals surface area (Å²) in [6.07, 6.45) is 0.435. The van der Waals surface area contributed by atoms with Gasteiger partial charge in [0.05, 0.1) is 0 Å². The van der Waals surface area contributed by atoms with Crippen LogP contribution >= 0.6 is 0 Å². The number of nitrogens with one attached hydrogen (secondary N) is 1. The van der Waals surface area contributed by atoms with Crippen molar-refractivity contribution in [1.82, 2.24) is 15.5 Å². The van der Waals surface area contributed by atoms with Gasteiger partial charge in [-0.05, 0) is 6.92 Å². The summed E-state index contributed by atoms with van der Waals surface area (Å²) in [7, 11) is 0. The zero-order chi connectivity index (χ0) is 13.0. The second kappa shape index (κ2) is 5.44. The topological polar surface area (TPSA) is 68.0 Å². The van der Waals surface area contributed by atoms with Crippen molar-refractivity contribution in [2.24, 2.45) is 0 Å². The highest BCUT2D eigenvalue weighted by atomic mass is 16.5. The molecule has 1 amide bonds. The van der Waals surface area contributed by atoms with Gasteiger partial charge in [0.1, 0.15) is 6.04 Å². The van der Waals surface area contributed by atoms with E-state index in [1.807, 2.05) is 37.3 Å². The maximum atomic E-state index is 11.3. The van der Waals surface area contributed by atoms with Crippen LogP contribution in [-0.4, -0.2) is 16.0 Å². The summed E-state index contributed by atoms with van der Waals surface area (Å²) in [5.74, 6) is 0.904. The number of benzene rings is 1. The fraction of sp³-hybridized carbons (Fsp3) is 0.308. The van der Waals surface area contributed by atoms with Gasteiger partial charge in [0.25, 0.3) is 0 Å². The minimum absolute atomic E-state index is 0.0399. The van der Waals surface area contributed by atoms with Crippen LogP contribution < -0.4 is 5.32 Å². The molecule has 0 spiro atoms. The molecule has 0 saturated carbocycles. The fourth-order valence-electron chi connectivity index (χ4n) is 1.52. The summed E-state index contributed by atoms with van der Waals surface area (Å²) in [5, 5.41) is 6.68. The molecule has 1 atom stereocenters. The first-order valence-corrected chi connectivity index (χ1v) is 5.89. The molecular weight excluding hydrogens is 230 g/mol. The molecule has 0 unspecified atom stereocenters. The summed E-state index contributed by atoms with van der Waals surface area (Å²) < 4.78 is 5.15. The van der Waals surface area contributed by atoms with E-state index in [4.69, 9.17) is 4.52 Å². The van der Waals surface area contributed by atoms with E-state index in [1.165, 1.54) is 0 Å². The lowest BCUT2D eigenvalue weighted by atomic mass is 10.2. The largest absolute Gasteiger partial charge is 0.345 e. The van der Waals surface area contributed by atoms with Crippen LogP contribution in [0, 0.1) is 0 Å². The Morgan fingerprint density at radius 1 is 1.39 bits per heavy atom. The first kappa shape index (κ1) is 12.3. The van der Waals surface area contributed by atoms with Crippen molar-refractivity contribution in [2.75, 3.05) is 0 Å². The predicted molar refractivity (Wildman–Crippen MR) is 66.6 cm³/mol. The molecule has 18 heavy (non-hydrogen) atoms. The van der Waals surface area contributed by atoms with Gasteiger partial charge in [-0.25, -0.2) is 0 Å². The molecule has 0 radical (unpaired) electrons. The molecule has 1 aromatic heterocycles. The third-order valence-electron chi connectivity index (χ3n) is 2.54. The van der Waals surface area contributed by atoms with Gasteiger partial charge < -0.3 is 9.84 Å². The average molecular weight is 245 g/mol. The van der Waals surface area contributed by atoms with E-state index in [9.17, 15) is 4.79 Å². The quantitative estimate of drug-likeness (QED) is 0.897. The molecule has 0 fully saturated rings. The standard InChI is InChI=1S/C13H15N3O2/c1-3-11(17)14-9(2)13-15-12(16-18-13)10-7-5-4-6-8-10/h4-9H,3H2,1-2H3,(H,14,17)/t9-/m1/s1. The third-order valence-corrected chi connectivity index (χ3v) is 2.54. The zero-order valence-corrected chi connectivity index (χ0v) is 10.4. The summed E-state index contributed by atoms with van der Waals surface area (Å²) in [5.41, 5.74) is 0.890. The monoisotopic (exact) mass is 245 g/mol. The van der Waals surface area contributed by atoms with Crippen LogP contribution in [0.3, 0.4) is 0 Å². The Balaban J connectivity index is 2.13. The van der Waals surface area contributed by atoms with Gasteiger partial charge >= 0.3 is 0 Å². The summed E-state index contributed by atoms with van der Waals surface area (Å²) >= 11 is 0. The molecule has 0 saturated heterocycles. The molecule has 1 aromatic carbocycles. The molecule has 5 nitrogen and oxygen atoms in total. The molecule has 1 N–H and O–H groups in total. The Kier molecular flexibility index (Phi) is 3.72. The molecular formula is C13H15N3O2. The first-order valence-electron chi connectivity index (χ1n) is 5.89. The van der Waals surface area contributed by atoms with E-state index in [0.29, 0.717) is 18.1 Å². The van der Waals surface area contributed by atoms with Crippen LogP contribution in [-0.2, 0) is 4.79 Å². The molecule has 0 aliphatic heterocycles. The van der Waals surface area contributed by atoms with E-state index in [2.05, 4.69) is 15.5 Å². The Hall–Kier alpha value is -2.17. The van der Waals surface area contributed by atoms with Crippen LogP contribution in [0.5, 0.6) is 0 Å². The van der Waals surface area contributed by atoms with Crippen LogP contribution in [0.2, 0.25) is 0 Å². The van der Waals surface area contributed by atoms with Crippen molar-refractivity contribution in [1.29, 1.82) is 0 Å². The highest BCUT2D eigenvalue weighted by molar-refractivity contribution is 5.75. The average Bonchev–Trinajstić information content (AvgIpc) is 2.89. The Bertz CT molecular complexity index is 522. The van der Waals surface area contributed by atoms with E-state index >= 15 is 0 Å². The van der Waals surface area contributed by atoms with Gasteiger partial charge in [-0.1, -0.05) is 42.4 Å². The van der Waals surface area contributed by atoms with Crippen LogP contribution in [0.1, 0.15) is 32.2 Å². The number of amides is 1. The van der Waals surface area contributed by atoms with E-state index in [0.717, 1.165) is 5.56 Å². The van der Waals surface area contributed by atoms with E-state index in [1.54, 1.807) is 6.92 Å². The maximum absolute atomic E-state index is 11.3. The van der Waals surface area contributed by atoms with Crippen molar-refractivity contribution < 1.29 is 9.32 Å². The minimum Gasteiger partial charge on any atom is -0.345 e. The Morgan fingerprint density at radius 3 is 2.78 bits per heavy atom. The second-order valence-electron chi connectivity index (χ2n) is 3.97. The second-order valence-corrected chi connectivity index (χ2v) is 3.97. The summed E-state index contributed by atoms with van der Waals surface area (Å²) in [6, 6.07) is 9.28. The number of hydrogen-bond donors (Lipinski definition) is 1. The lowest BCUT2D eigenvalue weighted by molar-refractivity contribution is -0.121. The van der Waals surface area contributed by atoms with Crippen LogP contribution in [0.15, 0.2) is 34.9 Å². The minimum atomic E-state index is -0.276. The Labute approximate surface area is 105 Å². The van der Waals surface area contributed by atoms with Gasteiger partial charge in [-0.3, -0.25) is 4.79 Å². The van der Waals surface area contributed by atoms with E-state index in [-0.39, 0.29) is 11.9 Å². The number of hydrogen-bond acceptors (Lipinski definition) is 4. The van der Waals surface area contributed by atoms with Gasteiger partial charge in [0.2, 0.25) is 17.6 Å². The number of rotatable bonds is 4. The number of carbonyl (C=O) groups is 1. The van der Waals surface area contributed by atoms with Crippen molar-refractivity contribution in [3.8, 4) is 11.4 Å². The van der Waals surface area contributed by atoms with Gasteiger partial charge in [-0.15, -0.1) is 0 Å². The first-order chi connectivity index (χ1) is 8.70. The number of nitrogens with zero attached hydrogens (tertiary/aromatic N) is 2. The molecule has 5 heteroatoms. The number of aromatic nitrogens is 2. The molecule has 0 bridgehead atoms. The highest BCUT2D eigenvalue weighted by Gasteiger charge is 2.16. The lowest BCUT2D eigenvalue weighted by Crippen LogP contribution is -2.25. The maximum Gasteiger partial charge on any atom is 0.249 e. The Morgan fingerprint density at radius 2 is 2.11 bits per heavy atom. The fourth-order valence-corrected chi connectivity index (χ4v) is 1.52. The summed E-state index contributed by atoms with van der Waals surface area (Å²) in [4.78, 5) is 15.5. The molecule has 0 aliphatic rings. The smallest absolute Gasteiger partial charge is 0.249 e. The molecule has 94 valence electrons. The lowest BCUT2D eigenvalue weighted by Gasteiger charge is -2.07. The van der Waals surface area contributed by atoms with Crippen molar-refractivity contribution >= 4 is 5.91 Å². The van der Waals surface area contributed by atoms with Crippen molar-refractivity contribution in [3.63, 3.8) is 0 Å². The van der Waals surface area contributed by atoms with Gasteiger partial charge in [-0.2, -0.15) is 4.98 Å². The number of carbonyl (C=O) groups excluding carboxylic acids is 1. The molecule has 2 aromatic rings. The third kappa shape index (κ3) is 2.74. The van der Waals surface area contributed by atoms with Crippen LogP contribution in [0.25, 0.3) is 11.4 Å². The SMILES string of the molecule is CCC(=O)N[C@H](C)c1nc(-c2ccccc2)no1. The molecule has 2 rings (SSSR count). The van der Waals surface area contributed by atoms with Gasteiger partial charge in [0, 0.05) is 12.0 Å². The predicted octanol–water partition coefficient (Wildman–Crippen LogP) is 2.32. The van der Waals surface area contributed by atoms with Crippen LogP contribution in [0.4, 0.5) is 0 Å². The zero-order valence-electron chi connectivity index (χ0n) is 10.4. The molecule has 0 aliphatic carbocycles. The summed E-state index contributed by atoms with van der Waals surface area (Å²) in [6.45, 7) is 3.61. The normalized spacial score (nSPS) is 12.1. The highest BCUT2D eigenvalue weighted by Crippen LogP contribution is 2.17.